The molecule has 0 N–H and O–H groups in total. The number of carbonyl (C=O) groups is 1. The van der Waals surface area contributed by atoms with Crippen LogP contribution in [0, 0.1) is 0 Å². The van der Waals surface area contributed by atoms with Crippen LogP contribution in [0.1, 0.15) is 38.3 Å². The van der Waals surface area contributed by atoms with Crippen molar-refractivity contribution < 1.29 is 14.3 Å². The molecule has 0 radical (unpaired) electrons. The Bertz CT molecular complexity index is 801. The summed E-state index contributed by atoms with van der Waals surface area (Å²) in [5.74, 6) is 3.34. The zero-order valence-electron chi connectivity index (χ0n) is 14.7. The summed E-state index contributed by atoms with van der Waals surface area (Å²) in [4.78, 5) is 14.8. The van der Waals surface area contributed by atoms with Crippen LogP contribution in [0.5, 0.6) is 11.5 Å². The van der Waals surface area contributed by atoms with Crippen LogP contribution in [0.15, 0.2) is 24.3 Å². The number of fused-ring (bicyclic) bond motifs is 2. The van der Waals surface area contributed by atoms with Gasteiger partial charge in [-0.2, -0.15) is 0 Å². The molecule has 0 spiro atoms. The van der Waals surface area contributed by atoms with E-state index in [2.05, 4.69) is 28.6 Å². The third kappa shape index (κ3) is 2.73. The lowest BCUT2D eigenvalue weighted by molar-refractivity contribution is -0.146. The van der Waals surface area contributed by atoms with E-state index in [-0.39, 0.29) is 12.0 Å². The van der Waals surface area contributed by atoms with E-state index in [9.17, 15) is 4.79 Å². The van der Waals surface area contributed by atoms with Gasteiger partial charge in [-0.1, -0.05) is 26.0 Å². The number of para-hydroxylation sites is 2. The number of amides is 1. The predicted octanol–water partition coefficient (Wildman–Crippen LogP) is 1.97. The summed E-state index contributed by atoms with van der Waals surface area (Å²) in [6, 6.07) is 7.43. The van der Waals surface area contributed by atoms with E-state index in [1.807, 2.05) is 31.2 Å². The van der Waals surface area contributed by atoms with Crippen LogP contribution in [0.4, 0.5) is 0 Å². The van der Waals surface area contributed by atoms with E-state index in [0.717, 1.165) is 11.6 Å². The van der Waals surface area contributed by atoms with E-state index in [1.54, 1.807) is 4.90 Å². The number of ether oxygens (including phenoxy) is 2. The molecule has 0 saturated carbocycles. The van der Waals surface area contributed by atoms with Crippen molar-refractivity contribution >= 4 is 5.91 Å². The topological polar surface area (TPSA) is 69.5 Å². The van der Waals surface area contributed by atoms with Gasteiger partial charge in [0, 0.05) is 19.0 Å². The summed E-state index contributed by atoms with van der Waals surface area (Å²) in [7, 11) is 0. The predicted molar refractivity (Wildman–Crippen MR) is 90.5 cm³/mol. The van der Waals surface area contributed by atoms with Gasteiger partial charge in [-0.25, -0.2) is 0 Å². The fourth-order valence-corrected chi connectivity index (χ4v) is 3.37. The Morgan fingerprint density at radius 1 is 1.16 bits per heavy atom. The molecular weight excluding hydrogens is 320 g/mol. The van der Waals surface area contributed by atoms with Gasteiger partial charge in [0.2, 0.25) is 6.10 Å². The maximum absolute atomic E-state index is 13.0. The number of hydrogen-bond acceptors (Lipinski definition) is 5. The maximum atomic E-state index is 13.0. The molecule has 25 heavy (non-hydrogen) atoms. The van der Waals surface area contributed by atoms with Crippen LogP contribution in [0.25, 0.3) is 0 Å². The van der Waals surface area contributed by atoms with Crippen molar-refractivity contribution in [2.45, 2.75) is 52.0 Å². The van der Waals surface area contributed by atoms with Gasteiger partial charge in [0.25, 0.3) is 5.91 Å². The molecule has 7 nitrogen and oxygen atoms in total. The van der Waals surface area contributed by atoms with Gasteiger partial charge in [-0.05, 0) is 19.1 Å². The first kappa shape index (κ1) is 15.9. The second-order valence-electron chi connectivity index (χ2n) is 6.85. The molecule has 7 heteroatoms. The van der Waals surface area contributed by atoms with Gasteiger partial charge < -0.3 is 18.9 Å². The molecule has 132 valence electrons. The maximum Gasteiger partial charge on any atom is 0.268 e. The first-order valence-electron chi connectivity index (χ1n) is 8.67. The highest BCUT2D eigenvalue weighted by Crippen LogP contribution is 2.34. The summed E-state index contributed by atoms with van der Waals surface area (Å²) < 4.78 is 13.9. The zero-order chi connectivity index (χ0) is 17.6. The van der Waals surface area contributed by atoms with Crippen LogP contribution in [0.2, 0.25) is 0 Å². The van der Waals surface area contributed by atoms with Gasteiger partial charge in [0.15, 0.2) is 17.3 Å². The highest BCUT2D eigenvalue weighted by Gasteiger charge is 2.38. The highest BCUT2D eigenvalue weighted by molar-refractivity contribution is 5.82. The van der Waals surface area contributed by atoms with Crippen molar-refractivity contribution in [2.24, 2.45) is 0 Å². The smallest absolute Gasteiger partial charge is 0.268 e. The first-order valence-corrected chi connectivity index (χ1v) is 8.67. The van der Waals surface area contributed by atoms with Crippen LogP contribution in [-0.4, -0.2) is 44.3 Å². The first-order chi connectivity index (χ1) is 12.0. The van der Waals surface area contributed by atoms with Crippen molar-refractivity contribution in [1.29, 1.82) is 0 Å². The minimum absolute atomic E-state index is 0.0673. The number of hydrogen-bond donors (Lipinski definition) is 0. The average molecular weight is 342 g/mol. The molecule has 0 saturated heterocycles. The quantitative estimate of drug-likeness (QED) is 0.835. The lowest BCUT2D eigenvalue weighted by atomic mass is 10.1. The molecule has 1 aromatic carbocycles. The van der Waals surface area contributed by atoms with Crippen LogP contribution >= 0.6 is 0 Å². The van der Waals surface area contributed by atoms with Crippen molar-refractivity contribution in [3.8, 4) is 11.5 Å². The summed E-state index contributed by atoms with van der Waals surface area (Å²) >= 11 is 0. The van der Waals surface area contributed by atoms with Gasteiger partial charge in [-0.15, -0.1) is 10.2 Å². The van der Waals surface area contributed by atoms with Crippen molar-refractivity contribution in [3.63, 3.8) is 0 Å². The number of carbonyl (C=O) groups excluding carboxylic acids is 1. The van der Waals surface area contributed by atoms with E-state index >= 15 is 0 Å². The Labute approximate surface area is 146 Å². The van der Waals surface area contributed by atoms with Gasteiger partial charge in [0.1, 0.15) is 11.9 Å². The van der Waals surface area contributed by atoms with E-state index < -0.39 is 6.10 Å². The third-order valence-corrected chi connectivity index (χ3v) is 4.70. The fourth-order valence-electron chi connectivity index (χ4n) is 3.37. The lowest BCUT2D eigenvalue weighted by Gasteiger charge is -2.36. The molecule has 1 amide bonds. The molecule has 0 aliphatic carbocycles. The van der Waals surface area contributed by atoms with Crippen LogP contribution in [-0.2, 0) is 17.9 Å². The summed E-state index contributed by atoms with van der Waals surface area (Å²) in [6.07, 6.45) is -0.984. The summed E-state index contributed by atoms with van der Waals surface area (Å²) in [5.41, 5.74) is 0. The SMILES string of the molecule is CC(C)c1nnc2n1CCN(C(=O)[C@@H]1Oc3ccccc3O[C@H]1C)C2. The standard InChI is InChI=1S/C18H22N4O3/c1-11(2)17-20-19-15-10-21(8-9-22(15)17)18(23)16-12(3)24-13-6-4-5-7-14(13)25-16/h4-7,11-12,16H,8-10H2,1-3H3/t12-,16+/m0/s1. The molecule has 0 unspecified atom stereocenters. The van der Waals surface area contributed by atoms with Gasteiger partial charge in [-0.3, -0.25) is 4.79 Å². The van der Waals surface area contributed by atoms with Crippen molar-refractivity contribution in [2.75, 3.05) is 6.54 Å². The number of benzene rings is 1. The Kier molecular flexibility index (Phi) is 3.86. The van der Waals surface area contributed by atoms with Crippen molar-refractivity contribution in [3.05, 3.63) is 35.9 Å². The Morgan fingerprint density at radius 3 is 2.60 bits per heavy atom. The Balaban J connectivity index is 1.52. The average Bonchev–Trinajstić information content (AvgIpc) is 3.04. The molecule has 2 atom stereocenters. The number of nitrogens with zero attached hydrogens (tertiary/aromatic N) is 4. The number of rotatable bonds is 2. The lowest BCUT2D eigenvalue weighted by Crippen LogP contribution is -2.52. The molecule has 3 heterocycles. The summed E-state index contributed by atoms with van der Waals surface area (Å²) in [6.45, 7) is 7.84. The third-order valence-electron chi connectivity index (χ3n) is 4.70. The summed E-state index contributed by atoms with van der Waals surface area (Å²) in [5, 5.41) is 8.53. The molecule has 0 bridgehead atoms. The van der Waals surface area contributed by atoms with Crippen LogP contribution < -0.4 is 9.47 Å². The number of aromatic nitrogens is 3. The second-order valence-corrected chi connectivity index (χ2v) is 6.85. The minimum atomic E-state index is -0.644. The highest BCUT2D eigenvalue weighted by atomic mass is 16.6. The van der Waals surface area contributed by atoms with Gasteiger partial charge in [0.05, 0.1) is 6.54 Å². The molecule has 2 aromatic rings. The molecule has 4 rings (SSSR count). The monoisotopic (exact) mass is 342 g/mol. The second kappa shape index (κ2) is 6.06. The molecule has 2 aliphatic heterocycles. The van der Waals surface area contributed by atoms with E-state index in [1.165, 1.54) is 0 Å². The Morgan fingerprint density at radius 2 is 1.88 bits per heavy atom. The van der Waals surface area contributed by atoms with Gasteiger partial charge >= 0.3 is 0 Å². The van der Waals surface area contributed by atoms with E-state index in [4.69, 9.17) is 9.47 Å². The van der Waals surface area contributed by atoms with Crippen molar-refractivity contribution in [1.82, 2.24) is 19.7 Å². The van der Waals surface area contributed by atoms with Crippen LogP contribution in [0.3, 0.4) is 0 Å². The molecule has 2 aliphatic rings. The Hall–Kier alpha value is -2.57. The normalized spacial score (nSPS) is 22.0. The molecule has 0 fully saturated rings. The molecular formula is C18H22N4O3. The zero-order valence-corrected chi connectivity index (χ0v) is 14.7. The van der Waals surface area contributed by atoms with E-state index in [0.29, 0.717) is 37.1 Å². The fraction of sp³-hybridized carbons (Fsp3) is 0.500. The molecule has 1 aromatic heterocycles. The largest absolute Gasteiger partial charge is 0.482 e. The minimum Gasteiger partial charge on any atom is -0.482 e.